The van der Waals surface area contributed by atoms with Crippen LogP contribution < -0.4 is 14.8 Å². The fourth-order valence-corrected chi connectivity index (χ4v) is 2.94. The lowest BCUT2D eigenvalue weighted by molar-refractivity contribution is -0.139. The van der Waals surface area contributed by atoms with Crippen LogP contribution in [0.1, 0.15) is 32.4 Å². The van der Waals surface area contributed by atoms with E-state index in [1.807, 2.05) is 0 Å². The number of nitrogens with one attached hydrogen (secondary N) is 1. The van der Waals surface area contributed by atoms with E-state index in [1.54, 1.807) is 32.0 Å². The molecular weight excluding hydrogens is 328 g/mol. The first-order valence-corrected chi connectivity index (χ1v) is 7.82. The number of amides is 3. The second-order valence-electron chi connectivity index (χ2n) is 5.59. The van der Waals surface area contributed by atoms with Gasteiger partial charge in [0, 0.05) is 12.6 Å². The Morgan fingerprint density at radius 1 is 1.32 bits per heavy atom. The van der Waals surface area contributed by atoms with Gasteiger partial charge in [0.15, 0.2) is 11.5 Å². The van der Waals surface area contributed by atoms with Gasteiger partial charge < -0.3 is 19.5 Å². The van der Waals surface area contributed by atoms with Crippen molar-refractivity contribution in [3.05, 3.63) is 35.0 Å². The lowest BCUT2D eigenvalue weighted by Crippen LogP contribution is -2.50. The molecule has 0 radical (unpaired) electrons. The summed E-state index contributed by atoms with van der Waals surface area (Å²) in [5, 5.41) is 2.54. The SMILES string of the molecule is CCOC(=O)C1=C(C)NC(=O)N(C(C)=O)[C@H]1c1ccc2c(c1)OCO2. The Bertz CT molecular complexity index is 785. The van der Waals surface area contributed by atoms with E-state index in [-0.39, 0.29) is 19.0 Å². The first-order chi connectivity index (χ1) is 11.9. The molecule has 1 atom stereocenters. The molecule has 132 valence electrons. The highest BCUT2D eigenvalue weighted by molar-refractivity contribution is 6.01. The summed E-state index contributed by atoms with van der Waals surface area (Å²) in [4.78, 5) is 37.9. The maximum absolute atomic E-state index is 12.5. The van der Waals surface area contributed by atoms with E-state index >= 15 is 0 Å². The molecule has 2 heterocycles. The summed E-state index contributed by atoms with van der Waals surface area (Å²) in [6, 6.07) is 3.54. The Hall–Kier alpha value is -3.03. The fourth-order valence-electron chi connectivity index (χ4n) is 2.94. The second-order valence-corrected chi connectivity index (χ2v) is 5.59. The molecule has 8 heteroatoms. The number of hydrogen-bond acceptors (Lipinski definition) is 6. The van der Waals surface area contributed by atoms with Crippen molar-refractivity contribution < 1.29 is 28.6 Å². The Balaban J connectivity index is 2.14. The number of allylic oxidation sites excluding steroid dienone is 1. The summed E-state index contributed by atoms with van der Waals surface area (Å²) in [6.07, 6.45) is 0. The molecule has 3 amide bonds. The van der Waals surface area contributed by atoms with Gasteiger partial charge in [0.05, 0.1) is 12.2 Å². The van der Waals surface area contributed by atoms with Gasteiger partial charge >= 0.3 is 12.0 Å². The van der Waals surface area contributed by atoms with Crippen LogP contribution in [0.15, 0.2) is 29.5 Å². The molecule has 0 aliphatic carbocycles. The van der Waals surface area contributed by atoms with Crippen molar-refractivity contribution in [3.8, 4) is 11.5 Å². The molecule has 2 aliphatic heterocycles. The van der Waals surface area contributed by atoms with Crippen LogP contribution in [0.2, 0.25) is 0 Å². The number of hydrogen-bond donors (Lipinski definition) is 1. The first-order valence-electron chi connectivity index (χ1n) is 7.82. The zero-order valence-corrected chi connectivity index (χ0v) is 14.1. The fraction of sp³-hybridized carbons (Fsp3) is 0.353. The van der Waals surface area contributed by atoms with Crippen molar-refractivity contribution in [1.82, 2.24) is 10.2 Å². The Kier molecular flexibility index (Phi) is 4.35. The molecule has 0 fully saturated rings. The van der Waals surface area contributed by atoms with Crippen molar-refractivity contribution in [1.29, 1.82) is 0 Å². The summed E-state index contributed by atoms with van der Waals surface area (Å²) >= 11 is 0. The molecule has 8 nitrogen and oxygen atoms in total. The van der Waals surface area contributed by atoms with Gasteiger partial charge in [-0.05, 0) is 31.5 Å². The number of rotatable bonds is 3. The molecule has 0 bridgehead atoms. The predicted octanol–water partition coefficient (Wildman–Crippen LogP) is 1.87. The van der Waals surface area contributed by atoms with Gasteiger partial charge in [-0.2, -0.15) is 0 Å². The minimum absolute atomic E-state index is 0.0972. The minimum atomic E-state index is -0.903. The molecule has 1 aromatic rings. The zero-order valence-electron chi connectivity index (χ0n) is 14.1. The van der Waals surface area contributed by atoms with Gasteiger partial charge in [0.25, 0.3) is 0 Å². The Morgan fingerprint density at radius 3 is 2.72 bits per heavy atom. The highest BCUT2D eigenvalue weighted by Crippen LogP contribution is 2.40. The summed E-state index contributed by atoms with van der Waals surface area (Å²) < 4.78 is 15.8. The highest BCUT2D eigenvalue weighted by Gasteiger charge is 2.41. The molecule has 1 N–H and O–H groups in total. The van der Waals surface area contributed by atoms with Crippen LogP contribution in [0, 0.1) is 0 Å². The number of urea groups is 1. The van der Waals surface area contributed by atoms with Gasteiger partial charge in [0.1, 0.15) is 6.04 Å². The highest BCUT2D eigenvalue weighted by atomic mass is 16.7. The van der Waals surface area contributed by atoms with Gasteiger partial charge in [-0.3, -0.25) is 9.69 Å². The lowest BCUT2D eigenvalue weighted by atomic mass is 9.93. The molecule has 0 saturated carbocycles. The zero-order chi connectivity index (χ0) is 18.1. The third kappa shape index (κ3) is 2.90. The standard InChI is InChI=1S/C17H18N2O6/c1-4-23-16(21)14-9(2)18-17(22)19(10(3)20)15(14)11-5-6-12-13(7-11)25-8-24-12/h5-7,15H,4,8H2,1-3H3,(H,18,22)/t15-/m0/s1. The third-order valence-corrected chi connectivity index (χ3v) is 4.00. The van der Waals surface area contributed by atoms with Gasteiger partial charge in [-0.1, -0.05) is 6.07 Å². The second kappa shape index (κ2) is 6.46. The van der Waals surface area contributed by atoms with Crippen molar-refractivity contribution in [2.45, 2.75) is 26.8 Å². The summed E-state index contributed by atoms with van der Waals surface area (Å²) in [6.45, 7) is 4.83. The van der Waals surface area contributed by atoms with Crippen molar-refractivity contribution in [3.63, 3.8) is 0 Å². The van der Waals surface area contributed by atoms with Gasteiger partial charge in [-0.15, -0.1) is 0 Å². The Morgan fingerprint density at radius 2 is 2.04 bits per heavy atom. The Labute approximate surface area is 144 Å². The molecule has 2 aliphatic rings. The largest absolute Gasteiger partial charge is 0.463 e. The monoisotopic (exact) mass is 346 g/mol. The number of carbonyl (C=O) groups excluding carboxylic acids is 3. The first kappa shape index (κ1) is 16.8. The minimum Gasteiger partial charge on any atom is -0.463 e. The van der Waals surface area contributed by atoms with Crippen LogP contribution in [0.4, 0.5) is 4.79 Å². The third-order valence-electron chi connectivity index (χ3n) is 4.00. The number of fused-ring (bicyclic) bond motifs is 1. The quantitative estimate of drug-likeness (QED) is 0.840. The van der Waals surface area contributed by atoms with Gasteiger partial charge in [0.2, 0.25) is 12.7 Å². The molecule has 0 aromatic heterocycles. The maximum Gasteiger partial charge on any atom is 0.338 e. The molecule has 0 spiro atoms. The van der Waals surface area contributed by atoms with Crippen molar-refractivity contribution in [2.75, 3.05) is 13.4 Å². The lowest BCUT2D eigenvalue weighted by Gasteiger charge is -2.35. The maximum atomic E-state index is 12.5. The van der Waals surface area contributed by atoms with Crippen molar-refractivity contribution >= 4 is 17.9 Å². The predicted molar refractivity (Wildman–Crippen MR) is 85.7 cm³/mol. The van der Waals surface area contributed by atoms with E-state index < -0.39 is 23.9 Å². The average molecular weight is 346 g/mol. The van der Waals surface area contributed by atoms with Crippen LogP contribution in [0.5, 0.6) is 11.5 Å². The molecule has 25 heavy (non-hydrogen) atoms. The number of esters is 1. The molecular formula is C17H18N2O6. The summed E-state index contributed by atoms with van der Waals surface area (Å²) in [7, 11) is 0. The normalized spacial score (nSPS) is 18.9. The molecule has 1 aromatic carbocycles. The molecule has 3 rings (SSSR count). The van der Waals surface area contributed by atoms with Crippen molar-refractivity contribution in [2.24, 2.45) is 0 Å². The number of carbonyl (C=O) groups is 3. The molecule has 0 saturated heterocycles. The van der Waals surface area contributed by atoms with Crippen LogP contribution in [-0.4, -0.2) is 36.2 Å². The van der Waals surface area contributed by atoms with Crippen LogP contribution in [-0.2, 0) is 14.3 Å². The van der Waals surface area contributed by atoms with Gasteiger partial charge in [-0.25, -0.2) is 9.59 Å². The number of nitrogens with zero attached hydrogens (tertiary/aromatic N) is 1. The molecule has 0 unspecified atom stereocenters. The topological polar surface area (TPSA) is 94.2 Å². The van der Waals surface area contributed by atoms with Crippen LogP contribution in [0.3, 0.4) is 0 Å². The van der Waals surface area contributed by atoms with Crippen LogP contribution in [0.25, 0.3) is 0 Å². The van der Waals surface area contributed by atoms with E-state index in [2.05, 4.69) is 5.32 Å². The summed E-state index contributed by atoms with van der Waals surface area (Å²) in [5.74, 6) is -0.0204. The smallest absolute Gasteiger partial charge is 0.338 e. The van der Waals surface area contributed by atoms with Crippen LogP contribution >= 0.6 is 0 Å². The number of ether oxygens (including phenoxy) is 3. The van der Waals surface area contributed by atoms with E-state index in [4.69, 9.17) is 14.2 Å². The summed E-state index contributed by atoms with van der Waals surface area (Å²) in [5.41, 5.74) is 1.11. The average Bonchev–Trinajstić information content (AvgIpc) is 3.01. The number of imide groups is 1. The van der Waals surface area contributed by atoms with E-state index in [9.17, 15) is 14.4 Å². The number of benzene rings is 1. The van der Waals surface area contributed by atoms with E-state index in [0.717, 1.165) is 4.90 Å². The van der Waals surface area contributed by atoms with E-state index in [1.165, 1.54) is 6.92 Å². The van der Waals surface area contributed by atoms with E-state index in [0.29, 0.717) is 22.8 Å².